The van der Waals surface area contributed by atoms with Crippen molar-refractivity contribution in [3.8, 4) is 0 Å². The van der Waals surface area contributed by atoms with Crippen molar-refractivity contribution in [1.82, 2.24) is 20.4 Å². The molecule has 10 nitrogen and oxygen atoms in total. The van der Waals surface area contributed by atoms with Crippen LogP contribution in [0.5, 0.6) is 0 Å². The minimum atomic E-state index is -0.975. The summed E-state index contributed by atoms with van der Waals surface area (Å²) in [4.78, 5) is 63.3. The third kappa shape index (κ3) is 4.34. The van der Waals surface area contributed by atoms with Gasteiger partial charge in [0.15, 0.2) is 0 Å². The summed E-state index contributed by atoms with van der Waals surface area (Å²) in [6.07, 6.45) is 0.146. The molecule has 0 saturated carbocycles. The molecule has 1 saturated heterocycles. The molecule has 2 aromatic rings. The second-order valence-electron chi connectivity index (χ2n) is 9.01. The largest absolute Gasteiger partial charge is 0.465 e. The molecule has 0 spiro atoms. The first kappa shape index (κ1) is 22.6. The normalized spacial score (nSPS) is 19.2. The number of carbonyl (C=O) groups is 5. The number of fused-ring (bicyclic) bond motifs is 2. The van der Waals surface area contributed by atoms with Crippen LogP contribution in [-0.2, 0) is 35.6 Å². The zero-order valence-electron chi connectivity index (χ0n) is 18.9. The minimum absolute atomic E-state index is 0.199. The number of imide groups is 1. The standard InChI is InChI=1S/C25H24N4O6/c30-21-6-5-20(23(32)27-21)29-13-18-9-14(1-4-19(18)24(29)33)11-26-22(31)16-3-2-15-7-8-28(25(34)35)12-17(15)10-16/h1-4,9-10,20H,5-8,11-13H2,(H,26,31)(H,34,35)(H,27,30,32). The van der Waals surface area contributed by atoms with Gasteiger partial charge < -0.3 is 20.2 Å². The molecule has 1 fully saturated rings. The molecule has 180 valence electrons. The molecule has 35 heavy (non-hydrogen) atoms. The molecule has 0 aliphatic carbocycles. The van der Waals surface area contributed by atoms with Crippen LogP contribution in [0.3, 0.4) is 0 Å². The van der Waals surface area contributed by atoms with Gasteiger partial charge >= 0.3 is 6.09 Å². The van der Waals surface area contributed by atoms with Crippen molar-refractivity contribution < 1.29 is 29.1 Å². The van der Waals surface area contributed by atoms with E-state index in [1.807, 2.05) is 12.1 Å². The number of hydrogen-bond acceptors (Lipinski definition) is 5. The average molecular weight is 476 g/mol. The minimum Gasteiger partial charge on any atom is -0.465 e. The highest BCUT2D eigenvalue weighted by molar-refractivity contribution is 6.05. The Morgan fingerprint density at radius 2 is 1.83 bits per heavy atom. The Labute approximate surface area is 200 Å². The Balaban J connectivity index is 1.24. The molecule has 0 aromatic heterocycles. The molecule has 0 radical (unpaired) electrons. The van der Waals surface area contributed by atoms with Gasteiger partial charge in [0.2, 0.25) is 11.8 Å². The van der Waals surface area contributed by atoms with Crippen LogP contribution in [0.15, 0.2) is 36.4 Å². The molecule has 3 heterocycles. The summed E-state index contributed by atoms with van der Waals surface area (Å²) in [6, 6.07) is 9.98. The molecular formula is C25H24N4O6. The van der Waals surface area contributed by atoms with E-state index in [0.29, 0.717) is 30.5 Å². The van der Waals surface area contributed by atoms with E-state index in [9.17, 15) is 29.1 Å². The van der Waals surface area contributed by atoms with Crippen molar-refractivity contribution in [2.24, 2.45) is 0 Å². The van der Waals surface area contributed by atoms with Crippen LogP contribution >= 0.6 is 0 Å². The van der Waals surface area contributed by atoms with Crippen LogP contribution < -0.4 is 10.6 Å². The van der Waals surface area contributed by atoms with E-state index < -0.39 is 18.0 Å². The van der Waals surface area contributed by atoms with E-state index in [4.69, 9.17) is 0 Å². The highest BCUT2D eigenvalue weighted by Crippen LogP contribution is 2.28. The maximum atomic E-state index is 12.8. The fourth-order valence-corrected chi connectivity index (χ4v) is 4.88. The van der Waals surface area contributed by atoms with Crippen LogP contribution in [0.2, 0.25) is 0 Å². The van der Waals surface area contributed by atoms with Crippen molar-refractivity contribution in [2.45, 2.75) is 44.9 Å². The number of amides is 5. The number of piperidine rings is 1. The third-order valence-electron chi connectivity index (χ3n) is 6.79. The summed E-state index contributed by atoms with van der Waals surface area (Å²) >= 11 is 0. The summed E-state index contributed by atoms with van der Waals surface area (Å²) in [6.45, 7) is 1.22. The first-order chi connectivity index (χ1) is 16.8. The fourth-order valence-electron chi connectivity index (χ4n) is 4.88. The number of carboxylic acid groups (broad SMARTS) is 1. The van der Waals surface area contributed by atoms with Gasteiger partial charge in [-0.2, -0.15) is 0 Å². The summed E-state index contributed by atoms with van der Waals surface area (Å²) in [5, 5.41) is 14.4. The topological polar surface area (TPSA) is 136 Å². The Kier molecular flexibility index (Phi) is 5.72. The molecule has 2 aromatic carbocycles. The number of rotatable bonds is 4. The van der Waals surface area contributed by atoms with Crippen molar-refractivity contribution in [3.63, 3.8) is 0 Å². The second kappa shape index (κ2) is 8.86. The predicted octanol–water partition coefficient (Wildman–Crippen LogP) is 1.41. The van der Waals surface area contributed by atoms with Gasteiger partial charge in [-0.3, -0.25) is 24.5 Å². The monoisotopic (exact) mass is 476 g/mol. The second-order valence-corrected chi connectivity index (χ2v) is 9.01. The Hall–Kier alpha value is -4.21. The van der Waals surface area contributed by atoms with Crippen molar-refractivity contribution in [3.05, 3.63) is 69.8 Å². The zero-order valence-corrected chi connectivity index (χ0v) is 18.9. The van der Waals surface area contributed by atoms with E-state index in [1.165, 1.54) is 9.80 Å². The number of hydrogen-bond donors (Lipinski definition) is 3. The molecule has 3 N–H and O–H groups in total. The molecule has 3 aliphatic rings. The van der Waals surface area contributed by atoms with Gasteiger partial charge in [0.25, 0.3) is 11.8 Å². The highest BCUT2D eigenvalue weighted by Gasteiger charge is 2.39. The number of nitrogens with one attached hydrogen (secondary N) is 2. The first-order valence-corrected chi connectivity index (χ1v) is 11.4. The number of benzene rings is 2. The van der Waals surface area contributed by atoms with Gasteiger partial charge in [0.05, 0.1) is 0 Å². The smallest absolute Gasteiger partial charge is 0.407 e. The van der Waals surface area contributed by atoms with E-state index in [1.54, 1.807) is 24.3 Å². The molecule has 10 heteroatoms. The summed E-state index contributed by atoms with van der Waals surface area (Å²) in [5.41, 5.74) is 4.43. The van der Waals surface area contributed by atoms with Gasteiger partial charge in [-0.05, 0) is 53.3 Å². The molecule has 1 unspecified atom stereocenters. The fraction of sp³-hybridized carbons (Fsp3) is 0.320. The van der Waals surface area contributed by atoms with E-state index in [2.05, 4.69) is 10.6 Å². The average Bonchev–Trinajstić information content (AvgIpc) is 3.17. The SMILES string of the molecule is O=C1CCC(N2Cc3cc(CNC(=O)c4ccc5c(c4)CN(C(=O)O)CC5)ccc3C2=O)C(=O)N1. The van der Waals surface area contributed by atoms with Crippen LogP contribution in [-0.4, -0.2) is 57.2 Å². The Morgan fingerprint density at radius 1 is 1.00 bits per heavy atom. The maximum absolute atomic E-state index is 12.8. The molecule has 5 amide bonds. The third-order valence-corrected chi connectivity index (χ3v) is 6.79. The van der Waals surface area contributed by atoms with Gasteiger partial charge in [0.1, 0.15) is 6.04 Å². The molecule has 3 aliphatic heterocycles. The highest BCUT2D eigenvalue weighted by atomic mass is 16.4. The predicted molar refractivity (Wildman–Crippen MR) is 122 cm³/mol. The van der Waals surface area contributed by atoms with Crippen LogP contribution in [0.25, 0.3) is 0 Å². The molecule has 1 atom stereocenters. The van der Waals surface area contributed by atoms with Crippen LogP contribution in [0.1, 0.15) is 55.8 Å². The van der Waals surface area contributed by atoms with Crippen molar-refractivity contribution >= 4 is 29.7 Å². The Morgan fingerprint density at radius 3 is 2.60 bits per heavy atom. The molecular weight excluding hydrogens is 452 g/mol. The van der Waals surface area contributed by atoms with Gasteiger partial charge in [0, 0.05) is 43.7 Å². The van der Waals surface area contributed by atoms with Crippen molar-refractivity contribution in [1.29, 1.82) is 0 Å². The lowest BCUT2D eigenvalue weighted by Gasteiger charge is -2.29. The van der Waals surface area contributed by atoms with Gasteiger partial charge in [-0.15, -0.1) is 0 Å². The first-order valence-electron chi connectivity index (χ1n) is 11.4. The number of nitrogens with zero attached hydrogens (tertiary/aromatic N) is 2. The van der Waals surface area contributed by atoms with Crippen LogP contribution in [0.4, 0.5) is 4.79 Å². The van der Waals surface area contributed by atoms with E-state index >= 15 is 0 Å². The lowest BCUT2D eigenvalue weighted by molar-refractivity contribution is -0.136. The quantitative estimate of drug-likeness (QED) is 0.571. The van der Waals surface area contributed by atoms with Crippen LogP contribution in [0, 0.1) is 0 Å². The zero-order chi connectivity index (χ0) is 24.7. The van der Waals surface area contributed by atoms with Gasteiger partial charge in [-0.1, -0.05) is 18.2 Å². The maximum Gasteiger partial charge on any atom is 0.407 e. The lowest BCUT2D eigenvalue weighted by Crippen LogP contribution is -2.52. The Bertz CT molecular complexity index is 1270. The van der Waals surface area contributed by atoms with Crippen molar-refractivity contribution in [2.75, 3.05) is 6.54 Å². The summed E-state index contributed by atoms with van der Waals surface area (Å²) < 4.78 is 0. The van der Waals surface area contributed by atoms with Gasteiger partial charge in [-0.25, -0.2) is 4.79 Å². The van der Waals surface area contributed by atoms with E-state index in [-0.39, 0.29) is 43.8 Å². The van der Waals surface area contributed by atoms with E-state index in [0.717, 1.165) is 22.3 Å². The summed E-state index contributed by atoms with van der Waals surface area (Å²) in [5.74, 6) is -1.30. The molecule has 5 rings (SSSR count). The number of carbonyl (C=O) groups excluding carboxylic acids is 4. The summed E-state index contributed by atoms with van der Waals surface area (Å²) in [7, 11) is 0. The lowest BCUT2D eigenvalue weighted by atomic mass is 9.97. The molecule has 0 bridgehead atoms.